The first-order valence-corrected chi connectivity index (χ1v) is 17.1. The van der Waals surface area contributed by atoms with Gasteiger partial charge in [-0.25, -0.2) is 0 Å². The number of carbonyl (C=O) groups is 1. The van der Waals surface area contributed by atoms with E-state index in [0.717, 1.165) is 50.1 Å². The maximum absolute atomic E-state index is 11.8. The molecule has 1 fully saturated rings. The van der Waals surface area contributed by atoms with Crippen LogP contribution in [-0.4, -0.2) is 58.2 Å². The largest absolute Gasteiger partial charge is 0.355 e. The fraction of sp³-hybridized carbons (Fsp3) is 0.964. The maximum Gasteiger partial charge on any atom is 0.188 e. The Hall–Kier alpha value is 0.117. The van der Waals surface area contributed by atoms with Gasteiger partial charge in [0.1, 0.15) is 6.79 Å². The van der Waals surface area contributed by atoms with E-state index in [1.54, 1.807) is 11.8 Å². The van der Waals surface area contributed by atoms with E-state index in [4.69, 9.17) is 9.47 Å². The van der Waals surface area contributed by atoms with Crippen molar-refractivity contribution in [2.24, 2.45) is 0 Å². The van der Waals surface area contributed by atoms with Gasteiger partial charge in [-0.05, 0) is 57.7 Å². The normalized spacial score (nSPS) is 20.4. The van der Waals surface area contributed by atoms with Crippen molar-refractivity contribution in [2.75, 3.05) is 32.7 Å². The van der Waals surface area contributed by atoms with Crippen LogP contribution < -0.4 is 0 Å². The molecule has 4 nitrogen and oxygen atoms in total. The van der Waals surface area contributed by atoms with Gasteiger partial charge < -0.3 is 14.0 Å². The number of hydrogen-bond acceptors (Lipinski definition) is 5. The molecule has 0 spiro atoms. The third kappa shape index (κ3) is 19.3. The van der Waals surface area contributed by atoms with Gasteiger partial charge in [0.15, 0.2) is 5.12 Å². The van der Waals surface area contributed by atoms with E-state index < -0.39 is 0 Å². The van der Waals surface area contributed by atoms with E-state index in [2.05, 4.69) is 25.5 Å². The van der Waals surface area contributed by atoms with Gasteiger partial charge in [0, 0.05) is 18.8 Å². The average Bonchev–Trinajstić information content (AvgIpc) is 2.82. The molecular formula is C28H57NO3SSi. The number of nitrogens with zero attached hydrogens (tertiary/aromatic N) is 1. The Kier molecular flexibility index (Phi) is 22.2. The van der Waals surface area contributed by atoms with E-state index in [1.165, 1.54) is 89.9 Å². The van der Waals surface area contributed by atoms with Crippen molar-refractivity contribution < 1.29 is 14.3 Å². The first kappa shape index (κ1) is 32.1. The lowest BCUT2D eigenvalue weighted by molar-refractivity contribution is -0.111. The Morgan fingerprint density at radius 1 is 0.882 bits per heavy atom. The molecule has 2 atom stereocenters. The number of rotatable bonds is 21. The number of unbranched alkanes of at least 4 members (excludes halogenated alkanes) is 10. The van der Waals surface area contributed by atoms with Crippen LogP contribution in [0.15, 0.2) is 0 Å². The van der Waals surface area contributed by atoms with Gasteiger partial charge in [0.2, 0.25) is 0 Å². The minimum Gasteiger partial charge on any atom is -0.355 e. The van der Waals surface area contributed by atoms with Gasteiger partial charge >= 0.3 is 0 Å². The smallest absolute Gasteiger partial charge is 0.188 e. The molecular weight excluding hydrogens is 458 g/mol. The second-order valence-corrected chi connectivity index (χ2v) is 14.2. The van der Waals surface area contributed by atoms with E-state index in [1.807, 2.05) is 0 Å². The summed E-state index contributed by atoms with van der Waals surface area (Å²) in [5, 5.41) is 0.389. The Morgan fingerprint density at radius 3 is 2.26 bits per heavy atom. The average molecular weight is 516 g/mol. The van der Waals surface area contributed by atoms with Crippen LogP contribution in [0.25, 0.3) is 0 Å². The van der Waals surface area contributed by atoms with Gasteiger partial charge in [0.25, 0.3) is 0 Å². The van der Waals surface area contributed by atoms with Gasteiger partial charge in [-0.15, -0.1) is 0 Å². The summed E-state index contributed by atoms with van der Waals surface area (Å²) < 4.78 is 14.5. The summed E-state index contributed by atoms with van der Waals surface area (Å²) in [5.74, 6) is 1.00. The zero-order chi connectivity index (χ0) is 24.7. The molecule has 1 aliphatic heterocycles. The van der Waals surface area contributed by atoms with E-state index in [9.17, 15) is 4.79 Å². The fourth-order valence-electron chi connectivity index (χ4n) is 4.80. The minimum atomic E-state index is -0.187. The Balaban J connectivity index is 2.03. The second kappa shape index (κ2) is 23.5. The third-order valence-corrected chi connectivity index (χ3v) is 10.4. The Morgan fingerprint density at radius 2 is 1.56 bits per heavy atom. The van der Waals surface area contributed by atoms with Crippen molar-refractivity contribution in [2.45, 2.75) is 141 Å². The highest BCUT2D eigenvalue weighted by molar-refractivity contribution is 8.13. The fourth-order valence-corrected chi connectivity index (χ4v) is 7.77. The molecule has 0 aromatic heterocycles. The molecule has 0 saturated carbocycles. The molecule has 1 heterocycles. The second-order valence-electron chi connectivity index (χ2n) is 10.5. The molecule has 0 amide bonds. The van der Waals surface area contributed by atoms with Gasteiger partial charge in [-0.1, -0.05) is 96.2 Å². The number of carbonyl (C=O) groups excluding carboxylic acids is 1. The molecule has 0 N–H and O–H groups in total. The zero-order valence-corrected chi connectivity index (χ0v) is 25.2. The van der Waals surface area contributed by atoms with Crippen LogP contribution in [0.2, 0.25) is 5.54 Å². The highest BCUT2D eigenvalue weighted by atomic mass is 32.2. The van der Waals surface area contributed by atoms with Crippen LogP contribution in [0, 0.1) is 0 Å². The van der Waals surface area contributed by atoms with E-state index in [0.29, 0.717) is 18.0 Å². The summed E-state index contributed by atoms with van der Waals surface area (Å²) in [6.07, 6.45) is 22.9. The summed E-state index contributed by atoms with van der Waals surface area (Å²) in [6.45, 7) is 6.90. The van der Waals surface area contributed by atoms with Crippen molar-refractivity contribution in [1.82, 2.24) is 4.57 Å². The topological polar surface area (TPSA) is 38.8 Å². The van der Waals surface area contributed by atoms with Crippen LogP contribution in [0.1, 0.15) is 129 Å². The monoisotopic (exact) mass is 515 g/mol. The molecule has 0 radical (unpaired) electrons. The first-order valence-electron chi connectivity index (χ1n) is 14.7. The number of thioether (sulfide) groups is 1. The molecule has 1 saturated heterocycles. The molecule has 0 aliphatic carbocycles. The van der Waals surface area contributed by atoms with Gasteiger partial charge in [0.05, 0.1) is 15.8 Å². The van der Waals surface area contributed by atoms with Crippen LogP contribution in [0.3, 0.4) is 0 Å². The molecule has 1 rings (SSSR count). The summed E-state index contributed by atoms with van der Waals surface area (Å²) in [4.78, 5) is 11.8. The summed E-state index contributed by atoms with van der Waals surface area (Å²) in [5.41, 5.74) is 0.857. The summed E-state index contributed by atoms with van der Waals surface area (Å²) >= 11 is 1.56. The van der Waals surface area contributed by atoms with Crippen LogP contribution in [-0.2, 0) is 14.3 Å². The molecule has 0 aromatic carbocycles. The zero-order valence-electron chi connectivity index (χ0n) is 23.0. The predicted molar refractivity (Wildman–Crippen MR) is 153 cm³/mol. The maximum atomic E-state index is 11.8. The summed E-state index contributed by atoms with van der Waals surface area (Å²) in [6, 6.07) is 0. The van der Waals surface area contributed by atoms with E-state index >= 15 is 0 Å². The van der Waals surface area contributed by atoms with Crippen LogP contribution >= 0.6 is 11.8 Å². The quantitative estimate of drug-likeness (QED) is 0.0899. The third-order valence-electron chi connectivity index (χ3n) is 7.08. The Bertz CT molecular complexity index is 469. The lowest BCUT2D eigenvalue weighted by Gasteiger charge is -2.30. The van der Waals surface area contributed by atoms with E-state index in [-0.39, 0.29) is 9.68 Å². The van der Waals surface area contributed by atoms with Crippen molar-refractivity contribution in [1.29, 1.82) is 0 Å². The molecule has 1 aliphatic rings. The first-order chi connectivity index (χ1) is 16.7. The standard InChI is InChI=1S/C28H57NO3SSi/c1-4-6-8-9-10-11-12-13-14-15-23-31-25-32-26-19-20-27(34-29(3)22-21-26)17-16-24-33-28(30)18-7-5-2/h26-27H,4-25,34H2,1-3H3. The number of ether oxygens (including phenoxy) is 2. The summed E-state index contributed by atoms with van der Waals surface area (Å²) in [7, 11) is 2.11. The van der Waals surface area contributed by atoms with Crippen molar-refractivity contribution in [3.63, 3.8) is 0 Å². The molecule has 34 heavy (non-hydrogen) atoms. The van der Waals surface area contributed by atoms with Gasteiger partial charge in [-0.2, -0.15) is 0 Å². The van der Waals surface area contributed by atoms with Crippen LogP contribution in [0.4, 0.5) is 0 Å². The van der Waals surface area contributed by atoms with Crippen molar-refractivity contribution in [3.05, 3.63) is 0 Å². The van der Waals surface area contributed by atoms with Crippen molar-refractivity contribution in [3.8, 4) is 0 Å². The van der Waals surface area contributed by atoms with Crippen molar-refractivity contribution >= 4 is 26.6 Å². The SMILES string of the molecule is CCCCCCCCCCCCOCOC1CCC(CCCSC(=O)CCCC)[SiH2]N(C)CC1. The lowest BCUT2D eigenvalue weighted by atomic mass is 10.1. The highest BCUT2D eigenvalue weighted by Crippen LogP contribution is 2.26. The van der Waals surface area contributed by atoms with Crippen LogP contribution in [0.5, 0.6) is 0 Å². The highest BCUT2D eigenvalue weighted by Gasteiger charge is 2.21. The lowest BCUT2D eigenvalue weighted by Crippen LogP contribution is -2.34. The Labute approximate surface area is 219 Å². The molecule has 2 unspecified atom stereocenters. The molecule has 0 aromatic rings. The predicted octanol–water partition coefficient (Wildman–Crippen LogP) is 7.48. The molecule has 0 bridgehead atoms. The molecule has 6 heteroatoms. The number of hydrogen-bond donors (Lipinski definition) is 0. The minimum absolute atomic E-state index is 0.187. The van der Waals surface area contributed by atoms with Gasteiger partial charge in [-0.3, -0.25) is 4.79 Å². The molecule has 202 valence electrons.